The van der Waals surface area contributed by atoms with Gasteiger partial charge in [-0.1, -0.05) is 6.07 Å². The second kappa shape index (κ2) is 6.20. The molecule has 2 N–H and O–H groups in total. The van der Waals surface area contributed by atoms with Gasteiger partial charge < -0.3 is 15.4 Å². The van der Waals surface area contributed by atoms with Crippen molar-refractivity contribution < 1.29 is 9.53 Å². The molecule has 18 heavy (non-hydrogen) atoms. The quantitative estimate of drug-likeness (QED) is 0.891. The average Bonchev–Trinajstić information content (AvgIpc) is 2.90. The van der Waals surface area contributed by atoms with Crippen LogP contribution in [0, 0.1) is 0 Å². The Bertz CT molecular complexity index is 431. The third kappa shape index (κ3) is 3.23. The first kappa shape index (κ1) is 13.4. The highest BCUT2D eigenvalue weighted by atomic mass is 79.9. The summed E-state index contributed by atoms with van der Waals surface area (Å²) >= 11 is 3.43. The number of halogens is 1. The summed E-state index contributed by atoms with van der Waals surface area (Å²) in [6.45, 7) is 1.48. The number of nitrogens with one attached hydrogen (secondary N) is 2. The summed E-state index contributed by atoms with van der Waals surface area (Å²) in [5, 5.41) is 6.12. The van der Waals surface area contributed by atoms with Gasteiger partial charge in [0.15, 0.2) is 0 Å². The first-order chi connectivity index (χ1) is 8.70. The number of hydrogen-bond acceptors (Lipinski definition) is 3. The summed E-state index contributed by atoms with van der Waals surface area (Å²) in [6.07, 6.45) is 2.00. The highest BCUT2D eigenvalue weighted by Gasteiger charge is 2.21. The van der Waals surface area contributed by atoms with Crippen molar-refractivity contribution in [2.45, 2.75) is 25.4 Å². The highest BCUT2D eigenvalue weighted by Crippen LogP contribution is 2.25. The summed E-state index contributed by atoms with van der Waals surface area (Å²) in [6, 6.07) is 5.78. The zero-order chi connectivity index (χ0) is 13.0. The Morgan fingerprint density at radius 3 is 3.06 bits per heavy atom. The van der Waals surface area contributed by atoms with Crippen LogP contribution in [0.5, 0.6) is 5.75 Å². The second-order valence-electron chi connectivity index (χ2n) is 4.34. The molecule has 1 atom stereocenters. The van der Waals surface area contributed by atoms with E-state index < -0.39 is 0 Å². The third-order valence-corrected chi connectivity index (χ3v) is 3.68. The molecule has 0 saturated carbocycles. The number of carbonyl (C=O) groups excluding carboxylic acids is 1. The van der Waals surface area contributed by atoms with E-state index in [1.54, 1.807) is 7.11 Å². The first-order valence-corrected chi connectivity index (χ1v) is 6.83. The number of methoxy groups -OCH3 is 1. The van der Waals surface area contributed by atoms with E-state index in [4.69, 9.17) is 4.74 Å². The third-order valence-electron chi connectivity index (χ3n) is 3.06. The molecular formula is C13H17BrN2O2. The van der Waals surface area contributed by atoms with Crippen molar-refractivity contribution in [3.8, 4) is 5.75 Å². The van der Waals surface area contributed by atoms with Gasteiger partial charge in [-0.05, 0) is 53.0 Å². The van der Waals surface area contributed by atoms with Crippen molar-refractivity contribution in [3.63, 3.8) is 0 Å². The van der Waals surface area contributed by atoms with Gasteiger partial charge in [-0.25, -0.2) is 0 Å². The Kier molecular flexibility index (Phi) is 4.60. The molecule has 4 nitrogen and oxygen atoms in total. The standard InChI is InChI=1S/C13H17BrN2O2/c1-18-12-5-4-9(7-10(12)14)8-16-13(17)11-3-2-6-15-11/h4-5,7,11,15H,2-3,6,8H2,1H3,(H,16,17). The van der Waals surface area contributed by atoms with E-state index in [0.717, 1.165) is 35.2 Å². The predicted molar refractivity (Wildman–Crippen MR) is 73.6 cm³/mol. The Morgan fingerprint density at radius 2 is 2.44 bits per heavy atom. The van der Waals surface area contributed by atoms with E-state index in [1.165, 1.54) is 0 Å². The van der Waals surface area contributed by atoms with Crippen LogP contribution in [0.3, 0.4) is 0 Å². The fourth-order valence-corrected chi connectivity index (χ4v) is 2.63. The van der Waals surface area contributed by atoms with Crippen LogP contribution in [-0.4, -0.2) is 25.6 Å². The molecule has 2 rings (SSSR count). The number of benzene rings is 1. The fraction of sp³-hybridized carbons (Fsp3) is 0.462. The topological polar surface area (TPSA) is 50.4 Å². The lowest BCUT2D eigenvalue weighted by molar-refractivity contribution is -0.122. The SMILES string of the molecule is COc1ccc(CNC(=O)C2CCCN2)cc1Br. The van der Waals surface area contributed by atoms with Crippen LogP contribution in [0.1, 0.15) is 18.4 Å². The highest BCUT2D eigenvalue weighted by molar-refractivity contribution is 9.10. The largest absolute Gasteiger partial charge is 0.496 e. The number of carbonyl (C=O) groups is 1. The van der Waals surface area contributed by atoms with Gasteiger partial charge >= 0.3 is 0 Å². The Labute approximate surface area is 115 Å². The molecule has 98 valence electrons. The molecule has 0 aliphatic carbocycles. The predicted octanol–water partition coefficient (Wildman–Crippen LogP) is 1.83. The minimum absolute atomic E-state index is 0.0216. The lowest BCUT2D eigenvalue weighted by Gasteiger charge is -2.12. The van der Waals surface area contributed by atoms with Crippen LogP contribution in [0.4, 0.5) is 0 Å². The van der Waals surface area contributed by atoms with Crippen molar-refractivity contribution >= 4 is 21.8 Å². The summed E-state index contributed by atoms with van der Waals surface area (Å²) in [5.74, 6) is 0.877. The molecule has 1 aromatic rings. The molecule has 1 amide bonds. The molecule has 0 bridgehead atoms. The van der Waals surface area contributed by atoms with Gasteiger partial charge in [0, 0.05) is 6.54 Å². The Hall–Kier alpha value is -1.07. The van der Waals surface area contributed by atoms with Crippen LogP contribution in [0.2, 0.25) is 0 Å². The van der Waals surface area contributed by atoms with Crippen LogP contribution in [0.15, 0.2) is 22.7 Å². The van der Waals surface area contributed by atoms with Crippen molar-refractivity contribution in [2.75, 3.05) is 13.7 Å². The molecule has 1 aromatic carbocycles. The molecule has 1 unspecified atom stereocenters. The second-order valence-corrected chi connectivity index (χ2v) is 5.19. The minimum Gasteiger partial charge on any atom is -0.496 e. The molecule has 5 heteroatoms. The molecule has 1 aliphatic heterocycles. The maximum Gasteiger partial charge on any atom is 0.237 e. The minimum atomic E-state index is -0.0216. The normalized spacial score (nSPS) is 18.7. The summed E-state index contributed by atoms with van der Waals surface area (Å²) in [5.41, 5.74) is 1.05. The molecule has 0 spiro atoms. The van der Waals surface area contributed by atoms with Crippen molar-refractivity contribution in [1.82, 2.24) is 10.6 Å². The van der Waals surface area contributed by atoms with Gasteiger partial charge in [-0.2, -0.15) is 0 Å². The average molecular weight is 313 g/mol. The maximum absolute atomic E-state index is 11.8. The summed E-state index contributed by atoms with van der Waals surface area (Å²) in [7, 11) is 1.63. The first-order valence-electron chi connectivity index (χ1n) is 6.04. The van der Waals surface area contributed by atoms with Gasteiger partial charge in [-0.15, -0.1) is 0 Å². The van der Waals surface area contributed by atoms with Crippen LogP contribution in [-0.2, 0) is 11.3 Å². The fourth-order valence-electron chi connectivity index (χ4n) is 2.04. The zero-order valence-corrected chi connectivity index (χ0v) is 11.9. The van der Waals surface area contributed by atoms with Crippen LogP contribution >= 0.6 is 15.9 Å². The summed E-state index contributed by atoms with van der Waals surface area (Å²) in [4.78, 5) is 11.8. The van der Waals surface area contributed by atoms with E-state index in [1.807, 2.05) is 18.2 Å². The number of ether oxygens (including phenoxy) is 1. The van der Waals surface area contributed by atoms with E-state index in [-0.39, 0.29) is 11.9 Å². The molecule has 1 saturated heterocycles. The molecular weight excluding hydrogens is 296 g/mol. The number of amides is 1. The lowest BCUT2D eigenvalue weighted by atomic mass is 10.2. The van der Waals surface area contributed by atoms with Crippen molar-refractivity contribution in [3.05, 3.63) is 28.2 Å². The van der Waals surface area contributed by atoms with Gasteiger partial charge in [-0.3, -0.25) is 4.79 Å². The van der Waals surface area contributed by atoms with E-state index >= 15 is 0 Å². The molecule has 1 aliphatic rings. The molecule has 1 heterocycles. The summed E-state index contributed by atoms with van der Waals surface area (Å²) < 4.78 is 6.06. The Morgan fingerprint density at radius 1 is 1.61 bits per heavy atom. The van der Waals surface area contributed by atoms with Gasteiger partial charge in [0.05, 0.1) is 17.6 Å². The zero-order valence-electron chi connectivity index (χ0n) is 10.3. The smallest absolute Gasteiger partial charge is 0.237 e. The van der Waals surface area contributed by atoms with Gasteiger partial charge in [0.25, 0.3) is 0 Å². The van der Waals surface area contributed by atoms with E-state index in [0.29, 0.717) is 6.54 Å². The van der Waals surface area contributed by atoms with Crippen LogP contribution in [0.25, 0.3) is 0 Å². The van der Waals surface area contributed by atoms with Crippen LogP contribution < -0.4 is 15.4 Å². The molecule has 0 aromatic heterocycles. The maximum atomic E-state index is 11.8. The molecule has 1 fully saturated rings. The van der Waals surface area contributed by atoms with E-state index in [9.17, 15) is 4.79 Å². The van der Waals surface area contributed by atoms with Gasteiger partial charge in [0.1, 0.15) is 5.75 Å². The van der Waals surface area contributed by atoms with Gasteiger partial charge in [0.2, 0.25) is 5.91 Å². The number of hydrogen-bond donors (Lipinski definition) is 2. The Balaban J connectivity index is 1.89. The lowest BCUT2D eigenvalue weighted by Crippen LogP contribution is -2.39. The van der Waals surface area contributed by atoms with E-state index in [2.05, 4.69) is 26.6 Å². The van der Waals surface area contributed by atoms with Crippen molar-refractivity contribution in [2.24, 2.45) is 0 Å². The molecule has 0 radical (unpaired) electrons. The number of rotatable bonds is 4. The van der Waals surface area contributed by atoms with Crippen molar-refractivity contribution in [1.29, 1.82) is 0 Å². The monoisotopic (exact) mass is 312 g/mol.